The monoisotopic (exact) mass is 516 g/mol. The first-order valence-corrected chi connectivity index (χ1v) is 14.0. The fourth-order valence-corrected chi connectivity index (χ4v) is 6.16. The second kappa shape index (κ2) is 10.0. The molecule has 1 aliphatic rings. The number of carbonyl (C=O) groups excluding carboxylic acids is 1. The van der Waals surface area contributed by atoms with Crippen LogP contribution in [0.3, 0.4) is 0 Å². The molecule has 0 radical (unpaired) electrons. The van der Waals surface area contributed by atoms with E-state index in [0.29, 0.717) is 0 Å². The summed E-state index contributed by atoms with van der Waals surface area (Å²) in [5, 5.41) is 7.30. The van der Waals surface area contributed by atoms with Crippen LogP contribution in [0.15, 0.2) is 82.7 Å². The summed E-state index contributed by atoms with van der Waals surface area (Å²) in [6.07, 6.45) is 1.91. The third kappa shape index (κ3) is 4.86. The average molecular weight is 517 g/mol. The predicted octanol–water partition coefficient (Wildman–Crippen LogP) is 4.70. The van der Waals surface area contributed by atoms with Gasteiger partial charge in [-0.2, -0.15) is 0 Å². The molecule has 1 aliphatic heterocycles. The number of hydrogen-bond acceptors (Lipinski definition) is 5. The van der Waals surface area contributed by atoms with Crippen LogP contribution in [-0.2, 0) is 14.6 Å². The summed E-state index contributed by atoms with van der Waals surface area (Å²) in [6.45, 7) is 9.54. The molecular formula is C29H32N4O3S. The lowest BCUT2D eigenvalue weighted by Crippen LogP contribution is -2.43. The zero-order valence-corrected chi connectivity index (χ0v) is 22.2. The zero-order valence-electron chi connectivity index (χ0n) is 21.4. The molecule has 192 valence electrons. The second-order valence-electron chi connectivity index (χ2n) is 9.62. The summed E-state index contributed by atoms with van der Waals surface area (Å²) in [5.41, 5.74) is 4.64. The molecule has 2 heterocycles. The molecule has 1 atom stereocenters. The van der Waals surface area contributed by atoms with Gasteiger partial charge in [0, 0.05) is 54.7 Å². The van der Waals surface area contributed by atoms with Crippen LogP contribution in [0.1, 0.15) is 24.1 Å². The van der Waals surface area contributed by atoms with Gasteiger partial charge >= 0.3 is 0 Å². The predicted molar refractivity (Wildman–Crippen MR) is 148 cm³/mol. The van der Waals surface area contributed by atoms with Crippen molar-refractivity contribution < 1.29 is 13.2 Å². The van der Waals surface area contributed by atoms with Gasteiger partial charge in [-0.05, 0) is 74.4 Å². The lowest BCUT2D eigenvalue weighted by molar-refractivity contribution is -0.118. The number of amides is 1. The van der Waals surface area contributed by atoms with E-state index in [-0.39, 0.29) is 15.7 Å². The highest BCUT2D eigenvalue weighted by atomic mass is 32.2. The van der Waals surface area contributed by atoms with Crippen molar-refractivity contribution in [3.8, 4) is 0 Å². The summed E-state index contributed by atoms with van der Waals surface area (Å²) in [6, 6.07) is 19.2. The summed E-state index contributed by atoms with van der Waals surface area (Å²) in [4.78, 5) is 16.2. The Morgan fingerprint density at radius 1 is 0.919 bits per heavy atom. The molecule has 7 nitrogen and oxygen atoms in total. The molecule has 0 bridgehead atoms. The number of carbonyl (C=O) groups is 1. The van der Waals surface area contributed by atoms with Gasteiger partial charge in [0.1, 0.15) is 6.04 Å². The molecule has 2 N–H and O–H groups in total. The highest BCUT2D eigenvalue weighted by Crippen LogP contribution is 2.30. The van der Waals surface area contributed by atoms with Crippen molar-refractivity contribution in [2.24, 2.45) is 0 Å². The minimum absolute atomic E-state index is 0.126. The standard InChI is InChI=1S/C29H32N4O3S/c1-20-9-10-23(32-15-13-30-14-16-32)17-27(20)31-29(34)22(3)33-19-21(2)26-18-25(11-12-28(26)33)37(35,36)24-7-5-4-6-8-24/h4-12,17-19,22,30H,13-16H2,1-3H3,(H,31,34). The van der Waals surface area contributed by atoms with Crippen LogP contribution in [0, 0.1) is 13.8 Å². The van der Waals surface area contributed by atoms with Gasteiger partial charge in [0.15, 0.2) is 0 Å². The van der Waals surface area contributed by atoms with E-state index in [4.69, 9.17) is 0 Å². The highest BCUT2D eigenvalue weighted by molar-refractivity contribution is 7.91. The molecule has 1 fully saturated rings. The first kappa shape index (κ1) is 25.0. The molecule has 1 aromatic heterocycles. The van der Waals surface area contributed by atoms with Gasteiger partial charge in [-0.25, -0.2) is 8.42 Å². The number of aryl methyl sites for hydroxylation is 2. The van der Waals surface area contributed by atoms with E-state index in [0.717, 1.165) is 59.6 Å². The van der Waals surface area contributed by atoms with Crippen molar-refractivity contribution in [2.45, 2.75) is 36.6 Å². The van der Waals surface area contributed by atoms with E-state index in [1.165, 1.54) is 0 Å². The molecule has 0 aliphatic carbocycles. The minimum Gasteiger partial charge on any atom is -0.369 e. The van der Waals surface area contributed by atoms with Crippen LogP contribution in [0.25, 0.3) is 10.9 Å². The topological polar surface area (TPSA) is 83.4 Å². The van der Waals surface area contributed by atoms with Gasteiger partial charge in [-0.3, -0.25) is 4.79 Å². The van der Waals surface area contributed by atoms with Gasteiger partial charge in [-0.1, -0.05) is 24.3 Å². The number of nitrogens with one attached hydrogen (secondary N) is 2. The van der Waals surface area contributed by atoms with Crippen LogP contribution in [-0.4, -0.2) is 45.1 Å². The summed E-state index contributed by atoms with van der Waals surface area (Å²) >= 11 is 0. The number of sulfone groups is 1. The molecule has 0 saturated carbocycles. The largest absolute Gasteiger partial charge is 0.369 e. The number of anilines is 2. The van der Waals surface area contributed by atoms with Gasteiger partial charge in [-0.15, -0.1) is 0 Å². The number of rotatable bonds is 6. The Hall–Kier alpha value is -3.62. The second-order valence-corrected chi connectivity index (χ2v) is 11.6. The third-order valence-electron chi connectivity index (χ3n) is 7.13. The van der Waals surface area contributed by atoms with E-state index >= 15 is 0 Å². The lowest BCUT2D eigenvalue weighted by Gasteiger charge is -2.30. The van der Waals surface area contributed by atoms with Crippen LogP contribution < -0.4 is 15.5 Å². The molecule has 1 unspecified atom stereocenters. The Balaban J connectivity index is 1.41. The van der Waals surface area contributed by atoms with Gasteiger partial charge in [0.2, 0.25) is 15.7 Å². The molecular weight excluding hydrogens is 484 g/mol. The lowest BCUT2D eigenvalue weighted by atomic mass is 10.1. The normalized spacial score (nSPS) is 15.1. The van der Waals surface area contributed by atoms with Crippen molar-refractivity contribution in [1.29, 1.82) is 0 Å². The Kier molecular flexibility index (Phi) is 6.79. The smallest absolute Gasteiger partial charge is 0.247 e. The number of piperazine rings is 1. The van der Waals surface area contributed by atoms with Gasteiger partial charge < -0.3 is 20.1 Å². The molecule has 3 aromatic carbocycles. The number of aromatic nitrogens is 1. The van der Waals surface area contributed by atoms with E-state index in [2.05, 4.69) is 21.6 Å². The van der Waals surface area contributed by atoms with E-state index in [1.807, 2.05) is 43.7 Å². The van der Waals surface area contributed by atoms with Gasteiger partial charge in [0.05, 0.1) is 9.79 Å². The molecule has 8 heteroatoms. The van der Waals surface area contributed by atoms with Crippen molar-refractivity contribution in [3.05, 3.63) is 84.1 Å². The fraction of sp³-hybridized carbons (Fsp3) is 0.276. The number of hydrogen-bond donors (Lipinski definition) is 2. The molecule has 37 heavy (non-hydrogen) atoms. The van der Waals surface area contributed by atoms with Crippen molar-refractivity contribution in [2.75, 3.05) is 36.4 Å². The summed E-state index contributed by atoms with van der Waals surface area (Å²) in [7, 11) is -3.63. The number of nitrogens with zero attached hydrogens (tertiary/aromatic N) is 2. The molecule has 1 amide bonds. The van der Waals surface area contributed by atoms with E-state index in [1.54, 1.807) is 48.5 Å². The maximum Gasteiger partial charge on any atom is 0.247 e. The van der Waals surface area contributed by atoms with Crippen LogP contribution in [0.5, 0.6) is 0 Å². The zero-order chi connectivity index (χ0) is 26.2. The Labute approximate surface area is 218 Å². The minimum atomic E-state index is -3.63. The van der Waals surface area contributed by atoms with Crippen LogP contribution in [0.2, 0.25) is 0 Å². The average Bonchev–Trinajstić information content (AvgIpc) is 3.26. The summed E-state index contributed by atoms with van der Waals surface area (Å²) in [5.74, 6) is -0.126. The van der Waals surface area contributed by atoms with Gasteiger partial charge in [0.25, 0.3) is 0 Å². The first-order valence-electron chi connectivity index (χ1n) is 12.5. The van der Waals surface area contributed by atoms with Crippen molar-refractivity contribution in [1.82, 2.24) is 9.88 Å². The molecule has 4 aromatic rings. The number of benzene rings is 3. The van der Waals surface area contributed by atoms with Crippen molar-refractivity contribution >= 4 is 38.0 Å². The fourth-order valence-electron chi connectivity index (χ4n) is 4.86. The van der Waals surface area contributed by atoms with Crippen LogP contribution >= 0.6 is 0 Å². The highest BCUT2D eigenvalue weighted by Gasteiger charge is 2.22. The van der Waals surface area contributed by atoms with Crippen LogP contribution in [0.4, 0.5) is 11.4 Å². The SMILES string of the molecule is Cc1ccc(N2CCNCC2)cc1NC(=O)C(C)n1cc(C)c2cc(S(=O)(=O)c3ccccc3)ccc21. The maximum absolute atomic E-state index is 13.4. The molecule has 1 saturated heterocycles. The van der Waals surface area contributed by atoms with E-state index in [9.17, 15) is 13.2 Å². The maximum atomic E-state index is 13.4. The quantitative estimate of drug-likeness (QED) is 0.388. The van der Waals surface area contributed by atoms with Crippen molar-refractivity contribution in [3.63, 3.8) is 0 Å². The first-order chi connectivity index (χ1) is 17.8. The molecule has 0 spiro atoms. The Morgan fingerprint density at radius 3 is 2.38 bits per heavy atom. The third-order valence-corrected chi connectivity index (χ3v) is 8.89. The molecule has 5 rings (SSSR count). The Morgan fingerprint density at radius 2 is 1.65 bits per heavy atom. The summed E-state index contributed by atoms with van der Waals surface area (Å²) < 4.78 is 28.2. The Bertz CT molecular complexity index is 1560. The van der Waals surface area contributed by atoms with E-state index < -0.39 is 15.9 Å². The number of fused-ring (bicyclic) bond motifs is 1.